The molecule has 2 unspecified atom stereocenters. The molecule has 0 fully saturated rings. The maximum atomic E-state index is 14.0. The summed E-state index contributed by atoms with van der Waals surface area (Å²) in [6.45, 7) is 3.15. The predicted octanol–water partition coefficient (Wildman–Crippen LogP) is 5.66. The highest BCUT2D eigenvalue weighted by Gasteiger charge is 2.23. The summed E-state index contributed by atoms with van der Waals surface area (Å²) in [5.41, 5.74) is 2.00. The van der Waals surface area contributed by atoms with Gasteiger partial charge in [-0.2, -0.15) is 0 Å². The van der Waals surface area contributed by atoms with E-state index in [0.29, 0.717) is 16.8 Å². The summed E-state index contributed by atoms with van der Waals surface area (Å²) < 4.78 is 37.9. The molecule has 0 aliphatic carbocycles. The van der Waals surface area contributed by atoms with Crippen molar-refractivity contribution >= 4 is 23.7 Å². The number of aromatic nitrogens is 1. The van der Waals surface area contributed by atoms with Crippen LogP contribution >= 0.6 is 0 Å². The van der Waals surface area contributed by atoms with Gasteiger partial charge >= 0.3 is 12.1 Å². The van der Waals surface area contributed by atoms with E-state index in [4.69, 9.17) is 9.26 Å². The average Bonchev–Trinajstić information content (AvgIpc) is 3.29. The van der Waals surface area contributed by atoms with E-state index in [2.05, 4.69) is 15.8 Å². The molecule has 0 aliphatic heterocycles. The monoisotopic (exact) mass is 549 g/mol. The average molecular weight is 550 g/mol. The van der Waals surface area contributed by atoms with Gasteiger partial charge in [-0.05, 0) is 49.7 Å². The lowest BCUT2D eigenvalue weighted by atomic mass is 10.0. The molecule has 1 heterocycles. The molecule has 11 heteroatoms. The molecule has 0 aliphatic rings. The summed E-state index contributed by atoms with van der Waals surface area (Å²) in [4.78, 5) is 37.0. The van der Waals surface area contributed by atoms with Gasteiger partial charge in [-0.15, -0.1) is 0 Å². The molecule has 1 aromatic heterocycles. The van der Waals surface area contributed by atoms with E-state index in [0.717, 1.165) is 0 Å². The normalized spacial score (nSPS) is 12.3. The number of carbonyl (C=O) groups excluding carboxylic acids is 2. The summed E-state index contributed by atoms with van der Waals surface area (Å²) >= 11 is 0. The number of anilines is 1. The molecule has 0 saturated heterocycles. The zero-order valence-corrected chi connectivity index (χ0v) is 21.5. The number of aliphatic carboxylic acids is 1. The largest absolute Gasteiger partial charge is 0.480 e. The highest BCUT2D eigenvalue weighted by molar-refractivity contribution is 5.97. The number of nitrogens with one attached hydrogen (secondary N) is 2. The summed E-state index contributed by atoms with van der Waals surface area (Å²) in [6, 6.07) is 16.1. The molecule has 40 heavy (non-hydrogen) atoms. The third kappa shape index (κ3) is 6.68. The fraction of sp³-hybridized carbons (Fsp3) is 0.172. The van der Waals surface area contributed by atoms with Crippen LogP contribution in [-0.2, 0) is 16.0 Å². The SMILES string of the molecule is Cc1noc(-c2ccc(C(=O)NC(Cc3ccc(F)cc3)C(=O)O)cc2)c1NC(=O)OC(C)c1ccccc1F. The molecule has 4 rings (SSSR count). The van der Waals surface area contributed by atoms with Gasteiger partial charge in [0.15, 0.2) is 5.76 Å². The molecule has 0 radical (unpaired) electrons. The number of nitrogens with zero attached hydrogens (tertiary/aromatic N) is 1. The lowest BCUT2D eigenvalue weighted by Crippen LogP contribution is -2.42. The van der Waals surface area contributed by atoms with Crippen LogP contribution in [0.25, 0.3) is 11.3 Å². The van der Waals surface area contributed by atoms with Crippen molar-refractivity contribution in [2.75, 3.05) is 5.32 Å². The minimum absolute atomic E-state index is 0.0303. The first-order chi connectivity index (χ1) is 19.1. The Bertz CT molecular complexity index is 1520. The minimum atomic E-state index is -1.24. The number of amides is 2. The Hall–Kier alpha value is -5.06. The van der Waals surface area contributed by atoms with Crippen molar-refractivity contribution in [3.8, 4) is 11.3 Å². The van der Waals surface area contributed by atoms with Gasteiger partial charge in [-0.3, -0.25) is 10.1 Å². The first-order valence-corrected chi connectivity index (χ1v) is 12.2. The molecule has 3 N–H and O–H groups in total. The van der Waals surface area contributed by atoms with E-state index in [1.165, 1.54) is 61.5 Å². The second kappa shape index (κ2) is 12.2. The van der Waals surface area contributed by atoms with Crippen molar-refractivity contribution in [2.45, 2.75) is 32.4 Å². The molecule has 9 nitrogen and oxygen atoms in total. The number of benzene rings is 3. The number of aryl methyl sites for hydroxylation is 1. The minimum Gasteiger partial charge on any atom is -0.480 e. The summed E-state index contributed by atoms with van der Waals surface area (Å²) in [5, 5.41) is 18.5. The third-order valence-electron chi connectivity index (χ3n) is 6.08. The number of hydrogen-bond donors (Lipinski definition) is 3. The fourth-order valence-corrected chi connectivity index (χ4v) is 3.95. The molecular weight excluding hydrogens is 524 g/mol. The van der Waals surface area contributed by atoms with Gasteiger partial charge in [-0.1, -0.05) is 47.6 Å². The standard InChI is InChI=1S/C29H25F2N3O6/c1-16-25(33-29(38)39-17(2)22-5-3-4-6-23(22)31)26(40-34-16)19-9-11-20(12-10-19)27(35)32-24(28(36)37)15-18-7-13-21(30)14-8-18/h3-14,17,24H,15H2,1-2H3,(H,32,35)(H,33,38)(H,36,37). The van der Waals surface area contributed by atoms with Gasteiger partial charge in [0.05, 0.1) is 0 Å². The Morgan fingerprint density at radius 1 is 1.00 bits per heavy atom. The number of carboxylic acid groups (broad SMARTS) is 1. The van der Waals surface area contributed by atoms with Crippen LogP contribution in [0, 0.1) is 18.6 Å². The third-order valence-corrected chi connectivity index (χ3v) is 6.08. The van der Waals surface area contributed by atoms with Gasteiger partial charge in [0.25, 0.3) is 5.91 Å². The smallest absolute Gasteiger partial charge is 0.412 e. The van der Waals surface area contributed by atoms with Crippen molar-refractivity contribution < 1.29 is 37.5 Å². The molecule has 3 aromatic carbocycles. The molecule has 2 amide bonds. The van der Waals surface area contributed by atoms with Crippen molar-refractivity contribution in [3.63, 3.8) is 0 Å². The lowest BCUT2D eigenvalue weighted by Gasteiger charge is -2.15. The van der Waals surface area contributed by atoms with E-state index in [1.54, 1.807) is 25.1 Å². The molecule has 2 atom stereocenters. The zero-order chi connectivity index (χ0) is 28.8. The highest BCUT2D eigenvalue weighted by atomic mass is 19.1. The van der Waals surface area contributed by atoms with Gasteiger partial charge in [0, 0.05) is 23.1 Å². The Morgan fingerprint density at radius 3 is 2.33 bits per heavy atom. The number of carbonyl (C=O) groups is 3. The molecule has 0 saturated carbocycles. The van der Waals surface area contributed by atoms with Crippen molar-refractivity contribution in [1.29, 1.82) is 0 Å². The molecular formula is C29H25F2N3O6. The van der Waals surface area contributed by atoms with E-state index in [9.17, 15) is 28.3 Å². The van der Waals surface area contributed by atoms with Crippen LogP contribution in [0.4, 0.5) is 19.3 Å². The number of hydrogen-bond acceptors (Lipinski definition) is 6. The number of halogens is 2. The van der Waals surface area contributed by atoms with Crippen molar-refractivity contribution in [3.05, 3.63) is 107 Å². The second-order valence-electron chi connectivity index (χ2n) is 8.94. The molecule has 0 spiro atoms. The maximum absolute atomic E-state index is 14.0. The molecule has 0 bridgehead atoms. The van der Waals surface area contributed by atoms with Crippen LogP contribution in [0.3, 0.4) is 0 Å². The van der Waals surface area contributed by atoms with Crippen LogP contribution in [0.5, 0.6) is 0 Å². The van der Waals surface area contributed by atoms with E-state index in [-0.39, 0.29) is 29.0 Å². The van der Waals surface area contributed by atoms with Gasteiger partial charge < -0.3 is 19.7 Å². The number of ether oxygens (including phenoxy) is 1. The first kappa shape index (κ1) is 28.0. The Balaban J connectivity index is 1.43. The first-order valence-electron chi connectivity index (χ1n) is 12.2. The highest BCUT2D eigenvalue weighted by Crippen LogP contribution is 2.32. The number of rotatable bonds is 9. The maximum Gasteiger partial charge on any atom is 0.412 e. The van der Waals surface area contributed by atoms with Crippen LogP contribution < -0.4 is 10.6 Å². The van der Waals surface area contributed by atoms with Crippen molar-refractivity contribution in [1.82, 2.24) is 10.5 Å². The topological polar surface area (TPSA) is 131 Å². The van der Waals surface area contributed by atoms with E-state index in [1.807, 2.05) is 0 Å². The van der Waals surface area contributed by atoms with Gasteiger partial charge in [0.1, 0.15) is 35.2 Å². The van der Waals surface area contributed by atoms with Crippen LogP contribution in [-0.4, -0.2) is 34.3 Å². The van der Waals surface area contributed by atoms with Crippen LogP contribution in [0.1, 0.15) is 40.2 Å². The summed E-state index contributed by atoms with van der Waals surface area (Å²) in [6.07, 6.45) is -1.74. The molecule has 4 aromatic rings. The van der Waals surface area contributed by atoms with E-state index < -0.39 is 41.7 Å². The zero-order valence-electron chi connectivity index (χ0n) is 21.5. The number of carboxylic acids is 1. The molecule has 206 valence electrons. The summed E-state index contributed by atoms with van der Waals surface area (Å²) in [7, 11) is 0. The van der Waals surface area contributed by atoms with Gasteiger partial charge in [0.2, 0.25) is 0 Å². The van der Waals surface area contributed by atoms with Crippen LogP contribution in [0.15, 0.2) is 77.3 Å². The Labute approximate surface area is 227 Å². The van der Waals surface area contributed by atoms with Gasteiger partial charge in [-0.25, -0.2) is 18.4 Å². The van der Waals surface area contributed by atoms with Crippen LogP contribution in [0.2, 0.25) is 0 Å². The second-order valence-corrected chi connectivity index (χ2v) is 8.94. The quantitative estimate of drug-likeness (QED) is 0.245. The Kier molecular flexibility index (Phi) is 8.53. The summed E-state index contributed by atoms with van der Waals surface area (Å²) in [5.74, 6) is -2.62. The predicted molar refractivity (Wildman–Crippen MR) is 141 cm³/mol. The fourth-order valence-electron chi connectivity index (χ4n) is 3.95. The van der Waals surface area contributed by atoms with Crippen molar-refractivity contribution in [2.24, 2.45) is 0 Å². The van der Waals surface area contributed by atoms with E-state index >= 15 is 0 Å². The Morgan fingerprint density at radius 2 is 1.68 bits per heavy atom. The lowest BCUT2D eigenvalue weighted by molar-refractivity contribution is -0.139.